The van der Waals surface area contributed by atoms with Gasteiger partial charge in [0.25, 0.3) is 0 Å². The van der Waals surface area contributed by atoms with Gasteiger partial charge in [0.05, 0.1) is 13.2 Å². The molecule has 6 nitrogen and oxygen atoms in total. The van der Waals surface area contributed by atoms with Crippen LogP contribution in [-0.4, -0.2) is 53.2 Å². The molecule has 0 saturated heterocycles. The average molecular weight is 271 g/mol. The van der Waals surface area contributed by atoms with Crippen molar-refractivity contribution in [2.24, 2.45) is 0 Å². The summed E-state index contributed by atoms with van der Waals surface area (Å²) < 4.78 is 0. The second kappa shape index (κ2) is 6.86. The van der Waals surface area contributed by atoms with Crippen LogP contribution in [0, 0.1) is 0 Å². The molecule has 0 aliphatic heterocycles. The number of hydrogen-bond donors (Lipinski definition) is 3. The van der Waals surface area contributed by atoms with Crippen LogP contribution >= 0.6 is 0 Å². The minimum atomic E-state index is -0.477. The molecule has 3 amide bonds. The highest BCUT2D eigenvalue weighted by Gasteiger charge is 2.26. The van der Waals surface area contributed by atoms with E-state index in [0.717, 1.165) is 12.8 Å². The number of carbonyl (C=O) groups is 2. The summed E-state index contributed by atoms with van der Waals surface area (Å²) in [4.78, 5) is 25.3. The normalized spacial score (nSPS) is 16.1. The van der Waals surface area contributed by atoms with Gasteiger partial charge in [-0.3, -0.25) is 15.0 Å². The van der Waals surface area contributed by atoms with E-state index in [4.69, 9.17) is 5.11 Å². The third-order valence-corrected chi connectivity index (χ3v) is 3.07. The molecule has 110 valence electrons. The predicted octanol–water partition coefficient (Wildman–Crippen LogP) is 0.458. The number of nitrogens with one attached hydrogen (secondary N) is 2. The quantitative estimate of drug-likeness (QED) is 0.678. The third-order valence-electron chi connectivity index (χ3n) is 3.07. The SMILES string of the molecule is CC(C)(C)NC(=O)NC(=O)CN(CCO)C1CCC1. The number of nitrogens with zero attached hydrogens (tertiary/aromatic N) is 1. The topological polar surface area (TPSA) is 81.7 Å². The Hall–Kier alpha value is -1.14. The molecule has 0 heterocycles. The van der Waals surface area contributed by atoms with Crippen LogP contribution in [0.15, 0.2) is 0 Å². The fourth-order valence-corrected chi connectivity index (χ4v) is 1.99. The van der Waals surface area contributed by atoms with Crippen LogP contribution in [0.25, 0.3) is 0 Å². The summed E-state index contributed by atoms with van der Waals surface area (Å²) in [6.45, 7) is 6.20. The van der Waals surface area contributed by atoms with E-state index in [1.165, 1.54) is 6.42 Å². The highest BCUT2D eigenvalue weighted by Crippen LogP contribution is 2.24. The number of carbonyl (C=O) groups excluding carboxylic acids is 2. The number of aliphatic hydroxyl groups is 1. The zero-order valence-electron chi connectivity index (χ0n) is 12.0. The molecule has 19 heavy (non-hydrogen) atoms. The lowest BCUT2D eigenvalue weighted by Gasteiger charge is -2.36. The molecule has 0 radical (unpaired) electrons. The largest absolute Gasteiger partial charge is 0.395 e. The number of rotatable bonds is 5. The van der Waals surface area contributed by atoms with Gasteiger partial charge >= 0.3 is 6.03 Å². The molecule has 0 aromatic carbocycles. The van der Waals surface area contributed by atoms with Crippen LogP contribution in [0.1, 0.15) is 40.0 Å². The molecular formula is C13H25N3O3. The Morgan fingerprint density at radius 2 is 1.95 bits per heavy atom. The molecule has 6 heteroatoms. The second-order valence-electron chi connectivity index (χ2n) is 6.03. The minimum Gasteiger partial charge on any atom is -0.395 e. The van der Waals surface area contributed by atoms with E-state index in [-0.39, 0.29) is 24.6 Å². The minimum absolute atomic E-state index is 0.0258. The van der Waals surface area contributed by atoms with E-state index in [1.807, 2.05) is 25.7 Å². The predicted molar refractivity (Wildman–Crippen MR) is 72.7 cm³/mol. The summed E-state index contributed by atoms with van der Waals surface area (Å²) in [6.07, 6.45) is 3.28. The van der Waals surface area contributed by atoms with Gasteiger partial charge in [-0.05, 0) is 33.6 Å². The molecule has 0 aromatic rings. The zero-order chi connectivity index (χ0) is 14.5. The fraction of sp³-hybridized carbons (Fsp3) is 0.846. The van der Waals surface area contributed by atoms with Crippen molar-refractivity contribution in [2.75, 3.05) is 19.7 Å². The maximum atomic E-state index is 11.8. The molecular weight excluding hydrogens is 246 g/mol. The standard InChI is InChI=1S/C13H25N3O3/c1-13(2,3)15-12(19)14-11(18)9-16(7-8-17)10-5-4-6-10/h10,17H,4-9H2,1-3H3,(H2,14,15,18,19). The van der Waals surface area contributed by atoms with Gasteiger partial charge in [0, 0.05) is 18.1 Å². The Morgan fingerprint density at radius 1 is 1.32 bits per heavy atom. The molecule has 0 aromatic heterocycles. The fourth-order valence-electron chi connectivity index (χ4n) is 1.99. The monoisotopic (exact) mass is 271 g/mol. The van der Waals surface area contributed by atoms with Gasteiger partial charge in [-0.25, -0.2) is 4.79 Å². The summed E-state index contributed by atoms with van der Waals surface area (Å²) in [6, 6.07) is -0.112. The molecule has 1 saturated carbocycles. The molecule has 1 aliphatic rings. The first kappa shape index (κ1) is 15.9. The van der Waals surface area contributed by atoms with E-state index in [2.05, 4.69) is 10.6 Å². The van der Waals surface area contributed by atoms with Crippen molar-refractivity contribution in [3.63, 3.8) is 0 Å². The van der Waals surface area contributed by atoms with Gasteiger partial charge in [-0.2, -0.15) is 0 Å². The molecule has 0 unspecified atom stereocenters. The van der Waals surface area contributed by atoms with Crippen molar-refractivity contribution < 1.29 is 14.7 Å². The van der Waals surface area contributed by atoms with Gasteiger partial charge in [-0.1, -0.05) is 6.42 Å². The highest BCUT2D eigenvalue weighted by molar-refractivity contribution is 5.95. The summed E-state index contributed by atoms with van der Waals surface area (Å²) in [5.74, 6) is -0.331. The van der Waals surface area contributed by atoms with Crippen LogP contribution in [0.3, 0.4) is 0 Å². The first-order chi connectivity index (χ1) is 8.81. The van der Waals surface area contributed by atoms with Gasteiger partial charge in [0.15, 0.2) is 0 Å². The van der Waals surface area contributed by atoms with Crippen LogP contribution in [0.4, 0.5) is 4.79 Å². The number of imide groups is 1. The Morgan fingerprint density at radius 3 is 2.37 bits per heavy atom. The summed E-state index contributed by atoms with van der Waals surface area (Å²) >= 11 is 0. The summed E-state index contributed by atoms with van der Waals surface area (Å²) in [5.41, 5.74) is -0.372. The van der Waals surface area contributed by atoms with E-state index < -0.39 is 6.03 Å². The van der Waals surface area contributed by atoms with Crippen LogP contribution in [0.2, 0.25) is 0 Å². The van der Waals surface area contributed by atoms with Crippen molar-refractivity contribution in [3.8, 4) is 0 Å². The van der Waals surface area contributed by atoms with Crippen molar-refractivity contribution in [2.45, 2.75) is 51.6 Å². The lowest BCUT2D eigenvalue weighted by Crippen LogP contribution is -2.52. The highest BCUT2D eigenvalue weighted by atomic mass is 16.3. The third kappa shape index (κ3) is 6.02. The average Bonchev–Trinajstić information content (AvgIpc) is 2.10. The molecule has 0 atom stereocenters. The van der Waals surface area contributed by atoms with Crippen molar-refractivity contribution in [3.05, 3.63) is 0 Å². The number of amides is 3. The van der Waals surface area contributed by atoms with Crippen LogP contribution in [0.5, 0.6) is 0 Å². The number of urea groups is 1. The van der Waals surface area contributed by atoms with Crippen LogP contribution < -0.4 is 10.6 Å². The van der Waals surface area contributed by atoms with Gasteiger partial charge in [-0.15, -0.1) is 0 Å². The van der Waals surface area contributed by atoms with Gasteiger partial charge in [0.2, 0.25) is 5.91 Å². The molecule has 0 spiro atoms. The van der Waals surface area contributed by atoms with Gasteiger partial charge < -0.3 is 10.4 Å². The maximum absolute atomic E-state index is 11.8. The Balaban J connectivity index is 2.37. The van der Waals surface area contributed by atoms with E-state index >= 15 is 0 Å². The molecule has 1 rings (SSSR count). The van der Waals surface area contributed by atoms with E-state index in [1.54, 1.807) is 0 Å². The summed E-state index contributed by atoms with van der Waals surface area (Å²) in [7, 11) is 0. The molecule has 1 aliphatic carbocycles. The van der Waals surface area contributed by atoms with E-state index in [9.17, 15) is 9.59 Å². The Bertz CT molecular complexity index is 322. The first-order valence-corrected chi connectivity index (χ1v) is 6.79. The second-order valence-corrected chi connectivity index (χ2v) is 6.03. The molecule has 1 fully saturated rings. The number of hydrogen-bond acceptors (Lipinski definition) is 4. The maximum Gasteiger partial charge on any atom is 0.321 e. The lowest BCUT2D eigenvalue weighted by molar-refractivity contribution is -0.122. The zero-order valence-corrected chi connectivity index (χ0v) is 12.0. The molecule has 3 N–H and O–H groups in total. The van der Waals surface area contributed by atoms with Crippen molar-refractivity contribution in [1.82, 2.24) is 15.5 Å². The Labute approximate surface area is 114 Å². The summed E-state index contributed by atoms with van der Waals surface area (Å²) in [5, 5.41) is 14.0. The molecule has 0 bridgehead atoms. The van der Waals surface area contributed by atoms with Crippen molar-refractivity contribution in [1.29, 1.82) is 0 Å². The smallest absolute Gasteiger partial charge is 0.321 e. The van der Waals surface area contributed by atoms with Gasteiger partial charge in [0.1, 0.15) is 0 Å². The number of aliphatic hydroxyl groups excluding tert-OH is 1. The van der Waals surface area contributed by atoms with Crippen molar-refractivity contribution >= 4 is 11.9 Å². The lowest BCUT2D eigenvalue weighted by atomic mass is 9.91. The van der Waals surface area contributed by atoms with E-state index in [0.29, 0.717) is 12.6 Å². The Kier molecular flexibility index (Phi) is 5.75. The first-order valence-electron chi connectivity index (χ1n) is 6.79. The van der Waals surface area contributed by atoms with Crippen LogP contribution in [-0.2, 0) is 4.79 Å².